The van der Waals surface area contributed by atoms with Gasteiger partial charge < -0.3 is 0 Å². The van der Waals surface area contributed by atoms with Gasteiger partial charge in [0.05, 0.1) is 10.9 Å². The van der Waals surface area contributed by atoms with Crippen LogP contribution in [0.25, 0.3) is 10.9 Å². The van der Waals surface area contributed by atoms with Crippen molar-refractivity contribution in [3.63, 3.8) is 0 Å². The number of ketones is 1. The summed E-state index contributed by atoms with van der Waals surface area (Å²) in [6.45, 7) is 2.28. The van der Waals surface area contributed by atoms with Crippen LogP contribution in [-0.2, 0) is 12.0 Å². The first-order valence-corrected chi connectivity index (χ1v) is 9.07. The maximum Gasteiger partial charge on any atom is 0.261 e. The zero-order chi connectivity index (χ0) is 16.2. The van der Waals surface area contributed by atoms with Crippen LogP contribution >= 0.6 is 15.9 Å². The van der Waals surface area contributed by atoms with Crippen molar-refractivity contribution in [3.05, 3.63) is 38.3 Å². The van der Waals surface area contributed by atoms with Gasteiger partial charge in [-0.3, -0.25) is 14.2 Å². The molecule has 0 radical (unpaired) electrons. The van der Waals surface area contributed by atoms with E-state index < -0.39 is 0 Å². The number of carbonyl (C=O) groups is 1. The third-order valence-electron chi connectivity index (χ3n) is 5.50. The minimum absolute atomic E-state index is 0.00347. The van der Waals surface area contributed by atoms with Gasteiger partial charge in [-0.25, -0.2) is 4.98 Å². The molecule has 23 heavy (non-hydrogen) atoms. The minimum atomic E-state index is -0.0520. The largest absolute Gasteiger partial charge is 0.296 e. The van der Waals surface area contributed by atoms with Crippen molar-refractivity contribution in [2.45, 2.75) is 57.4 Å². The van der Waals surface area contributed by atoms with Gasteiger partial charge in [-0.1, -0.05) is 35.2 Å². The Hall–Kier alpha value is -1.49. The maximum absolute atomic E-state index is 13.0. The third-order valence-corrected chi connectivity index (χ3v) is 5.96. The Kier molecular flexibility index (Phi) is 3.45. The highest BCUT2D eigenvalue weighted by molar-refractivity contribution is 9.10. The first kappa shape index (κ1) is 15.1. The fourth-order valence-electron chi connectivity index (χ4n) is 4.31. The summed E-state index contributed by atoms with van der Waals surface area (Å²) in [7, 11) is 0. The lowest BCUT2D eigenvalue weighted by Crippen LogP contribution is -2.30. The van der Waals surface area contributed by atoms with Crippen LogP contribution in [0.3, 0.4) is 0 Å². The molecule has 0 amide bonds. The highest BCUT2D eigenvalue weighted by Crippen LogP contribution is 2.45. The molecule has 0 saturated heterocycles. The molecule has 2 aliphatic rings. The number of aromatic nitrogens is 2. The van der Waals surface area contributed by atoms with E-state index in [1.54, 1.807) is 12.1 Å². The Morgan fingerprint density at radius 2 is 1.96 bits per heavy atom. The second-order valence-electron chi connectivity index (χ2n) is 6.89. The Morgan fingerprint density at radius 3 is 2.65 bits per heavy atom. The van der Waals surface area contributed by atoms with E-state index in [4.69, 9.17) is 4.98 Å². The molecule has 0 bridgehead atoms. The molecule has 1 aromatic heterocycles. The van der Waals surface area contributed by atoms with E-state index in [1.165, 1.54) is 26.2 Å². The van der Waals surface area contributed by atoms with Crippen LogP contribution in [-0.4, -0.2) is 15.3 Å². The van der Waals surface area contributed by atoms with Gasteiger partial charge in [0.2, 0.25) is 0 Å². The van der Waals surface area contributed by atoms with Crippen LogP contribution in [0.15, 0.2) is 21.4 Å². The lowest BCUT2D eigenvalue weighted by atomic mass is 9.72. The molecular formula is C18H19BrN2O2. The average Bonchev–Trinajstić information content (AvgIpc) is 2.87. The SMILES string of the molecule is CC(=O)c1cc(Br)cc2c(=O)n3c(nc12)C1(CCCCC1)CC3. The fourth-order valence-corrected chi connectivity index (χ4v) is 4.77. The lowest BCUT2D eigenvalue weighted by molar-refractivity contribution is 0.101. The molecule has 2 aromatic rings. The van der Waals surface area contributed by atoms with Crippen molar-refractivity contribution in [2.24, 2.45) is 0 Å². The molecule has 1 spiro atoms. The molecule has 5 heteroatoms. The van der Waals surface area contributed by atoms with Crippen LogP contribution in [0.2, 0.25) is 0 Å². The van der Waals surface area contributed by atoms with Crippen molar-refractivity contribution < 1.29 is 4.79 Å². The molecule has 1 aromatic carbocycles. The predicted octanol–water partition coefficient (Wildman–Crippen LogP) is 3.97. The van der Waals surface area contributed by atoms with Crippen molar-refractivity contribution in [3.8, 4) is 0 Å². The van der Waals surface area contributed by atoms with Gasteiger partial charge in [0, 0.05) is 22.0 Å². The van der Waals surface area contributed by atoms with Crippen LogP contribution in [0.5, 0.6) is 0 Å². The molecule has 0 unspecified atom stereocenters. The molecule has 4 nitrogen and oxygen atoms in total. The quantitative estimate of drug-likeness (QED) is 0.709. The molecule has 120 valence electrons. The van der Waals surface area contributed by atoms with Gasteiger partial charge in [0.25, 0.3) is 5.56 Å². The summed E-state index contributed by atoms with van der Waals surface area (Å²) >= 11 is 3.41. The Bertz CT molecular complexity index is 879. The fraction of sp³-hybridized carbons (Fsp3) is 0.500. The summed E-state index contributed by atoms with van der Waals surface area (Å²) in [5.74, 6) is 0.864. The maximum atomic E-state index is 13.0. The van der Waals surface area contributed by atoms with E-state index in [2.05, 4.69) is 15.9 Å². The van der Waals surface area contributed by atoms with Crippen LogP contribution in [0.1, 0.15) is 61.6 Å². The number of hydrogen-bond donors (Lipinski definition) is 0. The van der Waals surface area contributed by atoms with Crippen LogP contribution in [0, 0.1) is 0 Å². The van der Waals surface area contributed by atoms with Gasteiger partial charge in [-0.2, -0.15) is 0 Å². The number of fused-ring (bicyclic) bond motifs is 3. The Morgan fingerprint density at radius 1 is 1.22 bits per heavy atom. The highest BCUT2D eigenvalue weighted by atomic mass is 79.9. The molecular weight excluding hydrogens is 356 g/mol. The van der Waals surface area contributed by atoms with E-state index in [9.17, 15) is 9.59 Å². The van der Waals surface area contributed by atoms with Gasteiger partial charge in [-0.05, 0) is 38.3 Å². The summed E-state index contributed by atoms with van der Waals surface area (Å²) < 4.78 is 2.60. The zero-order valence-corrected chi connectivity index (χ0v) is 14.8. The van der Waals surface area contributed by atoms with E-state index in [0.29, 0.717) is 16.5 Å². The molecule has 1 aliphatic heterocycles. The van der Waals surface area contributed by atoms with Crippen molar-refractivity contribution in [1.29, 1.82) is 0 Å². The zero-order valence-electron chi connectivity index (χ0n) is 13.2. The van der Waals surface area contributed by atoms with Crippen molar-refractivity contribution in [1.82, 2.24) is 9.55 Å². The van der Waals surface area contributed by atoms with E-state index in [0.717, 1.165) is 36.1 Å². The first-order valence-electron chi connectivity index (χ1n) is 8.27. The highest BCUT2D eigenvalue weighted by Gasteiger charge is 2.42. The van der Waals surface area contributed by atoms with Gasteiger partial charge in [0.1, 0.15) is 5.82 Å². The van der Waals surface area contributed by atoms with E-state index in [-0.39, 0.29) is 16.8 Å². The second kappa shape index (κ2) is 5.26. The van der Waals surface area contributed by atoms with Crippen molar-refractivity contribution >= 4 is 32.6 Å². The monoisotopic (exact) mass is 374 g/mol. The molecule has 0 N–H and O–H groups in total. The first-order chi connectivity index (χ1) is 11.0. The third kappa shape index (κ3) is 2.20. The van der Waals surface area contributed by atoms with Crippen molar-refractivity contribution in [2.75, 3.05) is 0 Å². The number of nitrogens with zero attached hydrogens (tertiary/aromatic N) is 2. The standard InChI is InChI=1S/C18H19BrN2O2/c1-11(22)13-9-12(19)10-14-15(13)20-17-18(5-3-2-4-6-18)7-8-21(17)16(14)23/h9-10H,2-8H2,1H3. The van der Waals surface area contributed by atoms with Gasteiger partial charge >= 0.3 is 0 Å². The van der Waals surface area contributed by atoms with Crippen LogP contribution < -0.4 is 5.56 Å². The molecule has 0 atom stereocenters. The second-order valence-corrected chi connectivity index (χ2v) is 7.80. The topological polar surface area (TPSA) is 52.0 Å². The van der Waals surface area contributed by atoms with Gasteiger partial charge in [-0.15, -0.1) is 0 Å². The van der Waals surface area contributed by atoms with E-state index in [1.807, 2.05) is 4.57 Å². The molecule has 2 heterocycles. The molecule has 1 saturated carbocycles. The summed E-state index contributed by atoms with van der Waals surface area (Å²) in [6, 6.07) is 3.56. The number of rotatable bonds is 1. The summed E-state index contributed by atoms with van der Waals surface area (Å²) in [5.41, 5.74) is 1.15. The normalized spacial score (nSPS) is 19.2. The van der Waals surface area contributed by atoms with Crippen LogP contribution in [0.4, 0.5) is 0 Å². The lowest BCUT2D eigenvalue weighted by Gasteiger charge is -2.32. The number of benzene rings is 1. The Balaban J connectivity index is 2.05. The summed E-state index contributed by atoms with van der Waals surface area (Å²) in [4.78, 5) is 29.9. The molecule has 1 fully saturated rings. The number of halogens is 1. The van der Waals surface area contributed by atoms with E-state index >= 15 is 0 Å². The molecule has 4 rings (SSSR count). The smallest absolute Gasteiger partial charge is 0.261 e. The average molecular weight is 375 g/mol. The number of hydrogen-bond acceptors (Lipinski definition) is 3. The Labute approximate surface area is 143 Å². The minimum Gasteiger partial charge on any atom is -0.296 e. The molecule has 1 aliphatic carbocycles. The predicted molar refractivity (Wildman–Crippen MR) is 93.1 cm³/mol. The summed E-state index contributed by atoms with van der Waals surface area (Å²) in [6.07, 6.45) is 6.89. The number of carbonyl (C=O) groups excluding carboxylic acids is 1. The summed E-state index contributed by atoms with van der Waals surface area (Å²) in [5, 5.41) is 0.543. The van der Waals surface area contributed by atoms with Gasteiger partial charge in [0.15, 0.2) is 5.78 Å². The number of Topliss-reactive ketones (excluding diaryl/α,β-unsaturated/α-hetero) is 1.